The summed E-state index contributed by atoms with van der Waals surface area (Å²) in [7, 11) is 0. The van der Waals surface area contributed by atoms with Gasteiger partial charge in [-0.05, 0) is 31.0 Å². The summed E-state index contributed by atoms with van der Waals surface area (Å²) in [5.74, 6) is -0.313. The molecule has 1 amide bonds. The molecule has 2 aromatic rings. The summed E-state index contributed by atoms with van der Waals surface area (Å²) in [4.78, 5) is 19.3. The minimum Gasteiger partial charge on any atom is -0.348 e. The molecule has 1 aromatic heterocycles. The van der Waals surface area contributed by atoms with E-state index in [1.807, 2.05) is 0 Å². The number of rotatable bonds is 2. The number of hydrogen-bond donors (Lipinski definition) is 3. The van der Waals surface area contributed by atoms with Gasteiger partial charge in [0.15, 0.2) is 0 Å². The third kappa shape index (κ3) is 2.38. The van der Waals surface area contributed by atoms with E-state index in [4.69, 9.17) is 0 Å². The summed E-state index contributed by atoms with van der Waals surface area (Å²) in [6, 6.07) is 2.64. The number of H-pyrrole nitrogens is 1. The third-order valence-corrected chi connectivity index (χ3v) is 3.88. The van der Waals surface area contributed by atoms with Gasteiger partial charge in [0.2, 0.25) is 0 Å². The third-order valence-electron chi connectivity index (χ3n) is 3.88. The van der Waals surface area contributed by atoms with Gasteiger partial charge in [0.05, 0.1) is 17.4 Å². The highest BCUT2D eigenvalue weighted by Gasteiger charge is 2.24. The molecule has 0 radical (unpaired) electrons. The number of halogens is 1. The molecular formula is C14H17FN4O. The molecule has 3 N–H and O–H groups in total. The number of carbonyl (C=O) groups is 1. The van der Waals surface area contributed by atoms with Gasteiger partial charge in [-0.3, -0.25) is 4.79 Å². The number of hydrogen-bond acceptors (Lipinski definition) is 3. The first-order valence-electron chi connectivity index (χ1n) is 6.79. The van der Waals surface area contributed by atoms with E-state index in [0.29, 0.717) is 17.0 Å². The number of nitrogens with one attached hydrogen (secondary N) is 3. The maximum absolute atomic E-state index is 13.6. The van der Waals surface area contributed by atoms with Crippen LogP contribution >= 0.6 is 0 Å². The Labute approximate surface area is 116 Å². The lowest BCUT2D eigenvalue weighted by atomic mass is 9.94. The van der Waals surface area contributed by atoms with E-state index in [2.05, 4.69) is 27.5 Å². The molecule has 1 aliphatic heterocycles. The van der Waals surface area contributed by atoms with Gasteiger partial charge in [0.1, 0.15) is 11.3 Å². The summed E-state index contributed by atoms with van der Waals surface area (Å²) in [6.45, 7) is 3.82. The summed E-state index contributed by atoms with van der Waals surface area (Å²) in [5.41, 5.74) is 1.31. The molecule has 20 heavy (non-hydrogen) atoms. The summed E-state index contributed by atoms with van der Waals surface area (Å²) >= 11 is 0. The molecule has 5 nitrogen and oxygen atoms in total. The minimum atomic E-state index is -0.443. The van der Waals surface area contributed by atoms with Crippen molar-refractivity contribution in [3.05, 3.63) is 29.8 Å². The molecule has 106 valence electrons. The van der Waals surface area contributed by atoms with Crippen molar-refractivity contribution in [3.8, 4) is 0 Å². The fourth-order valence-electron chi connectivity index (χ4n) is 2.62. The zero-order chi connectivity index (χ0) is 14.1. The van der Waals surface area contributed by atoms with Gasteiger partial charge in [0, 0.05) is 12.6 Å². The average Bonchev–Trinajstić information content (AvgIpc) is 2.88. The summed E-state index contributed by atoms with van der Waals surface area (Å²) < 4.78 is 13.6. The Morgan fingerprint density at radius 3 is 3.15 bits per heavy atom. The van der Waals surface area contributed by atoms with E-state index in [1.165, 1.54) is 18.5 Å². The van der Waals surface area contributed by atoms with E-state index >= 15 is 0 Å². The Balaban J connectivity index is 1.86. The number of amides is 1. The number of piperidine rings is 1. The molecule has 1 aromatic carbocycles. The lowest BCUT2D eigenvalue weighted by Crippen LogP contribution is -2.50. The predicted octanol–water partition coefficient (Wildman–Crippen LogP) is 1.43. The maximum atomic E-state index is 13.6. The fourth-order valence-corrected chi connectivity index (χ4v) is 2.62. The number of imidazole rings is 1. The zero-order valence-corrected chi connectivity index (χ0v) is 11.2. The van der Waals surface area contributed by atoms with Crippen molar-refractivity contribution in [2.75, 3.05) is 13.1 Å². The van der Waals surface area contributed by atoms with Gasteiger partial charge >= 0.3 is 0 Å². The van der Waals surface area contributed by atoms with Crippen LogP contribution < -0.4 is 10.6 Å². The van der Waals surface area contributed by atoms with Gasteiger partial charge in [0.25, 0.3) is 5.91 Å². The van der Waals surface area contributed by atoms with Crippen molar-refractivity contribution in [1.29, 1.82) is 0 Å². The van der Waals surface area contributed by atoms with E-state index in [0.717, 1.165) is 19.5 Å². The second-order valence-electron chi connectivity index (χ2n) is 5.30. The minimum absolute atomic E-state index is 0.0634. The van der Waals surface area contributed by atoms with Gasteiger partial charge in [-0.1, -0.05) is 6.92 Å². The molecule has 2 unspecified atom stereocenters. The van der Waals surface area contributed by atoms with Crippen LogP contribution in [0.5, 0.6) is 0 Å². The standard InChI is InChI=1S/C14H17FN4O/c1-8-2-3-16-6-12(8)19-14(20)10-4-9(15)5-11-13(10)18-7-17-11/h4-5,7-8,12,16H,2-3,6H2,1H3,(H,17,18)(H,19,20). The van der Waals surface area contributed by atoms with Crippen LogP contribution in [0.2, 0.25) is 0 Å². The Kier molecular flexibility index (Phi) is 3.40. The molecule has 2 heterocycles. The molecular weight excluding hydrogens is 259 g/mol. The fraction of sp³-hybridized carbons (Fsp3) is 0.429. The maximum Gasteiger partial charge on any atom is 0.253 e. The highest BCUT2D eigenvalue weighted by molar-refractivity contribution is 6.04. The van der Waals surface area contributed by atoms with Gasteiger partial charge in [-0.15, -0.1) is 0 Å². The smallest absolute Gasteiger partial charge is 0.253 e. The van der Waals surface area contributed by atoms with Crippen LogP contribution in [0.3, 0.4) is 0 Å². The number of aromatic amines is 1. The average molecular weight is 276 g/mol. The first kappa shape index (κ1) is 13.1. The highest BCUT2D eigenvalue weighted by Crippen LogP contribution is 2.18. The summed E-state index contributed by atoms with van der Waals surface area (Å²) in [6.07, 6.45) is 2.48. The molecule has 2 atom stereocenters. The number of fused-ring (bicyclic) bond motifs is 1. The Bertz CT molecular complexity index is 639. The summed E-state index contributed by atoms with van der Waals surface area (Å²) in [5, 5.41) is 6.23. The normalized spacial score (nSPS) is 22.9. The SMILES string of the molecule is CC1CCNCC1NC(=O)c1cc(F)cc2[nH]cnc12. The van der Waals surface area contributed by atoms with Crippen LogP contribution in [0.4, 0.5) is 4.39 Å². The molecule has 0 spiro atoms. The second-order valence-corrected chi connectivity index (χ2v) is 5.30. The molecule has 1 aliphatic rings. The Morgan fingerprint density at radius 1 is 1.50 bits per heavy atom. The number of benzene rings is 1. The van der Waals surface area contributed by atoms with Crippen LogP contribution in [0.1, 0.15) is 23.7 Å². The van der Waals surface area contributed by atoms with Crippen LogP contribution in [0.25, 0.3) is 11.0 Å². The second kappa shape index (κ2) is 5.20. The molecule has 0 saturated carbocycles. The number of aromatic nitrogens is 2. The van der Waals surface area contributed by atoms with Gasteiger partial charge in [-0.25, -0.2) is 9.37 Å². The van der Waals surface area contributed by atoms with Crippen molar-refractivity contribution in [3.63, 3.8) is 0 Å². The van der Waals surface area contributed by atoms with Crippen molar-refractivity contribution < 1.29 is 9.18 Å². The monoisotopic (exact) mass is 276 g/mol. The van der Waals surface area contributed by atoms with Gasteiger partial charge in [-0.2, -0.15) is 0 Å². The molecule has 1 fully saturated rings. The molecule has 0 bridgehead atoms. The van der Waals surface area contributed by atoms with Crippen LogP contribution in [-0.4, -0.2) is 35.0 Å². The Hall–Kier alpha value is -1.95. The van der Waals surface area contributed by atoms with E-state index in [-0.39, 0.29) is 17.5 Å². The highest BCUT2D eigenvalue weighted by atomic mass is 19.1. The number of carbonyl (C=O) groups excluding carboxylic acids is 1. The lowest BCUT2D eigenvalue weighted by Gasteiger charge is -2.30. The first-order valence-corrected chi connectivity index (χ1v) is 6.79. The van der Waals surface area contributed by atoms with Crippen LogP contribution in [0, 0.1) is 11.7 Å². The van der Waals surface area contributed by atoms with E-state index in [9.17, 15) is 9.18 Å². The molecule has 6 heteroatoms. The molecule has 3 rings (SSSR count). The molecule has 0 aliphatic carbocycles. The van der Waals surface area contributed by atoms with Crippen molar-refractivity contribution in [1.82, 2.24) is 20.6 Å². The predicted molar refractivity (Wildman–Crippen MR) is 74.0 cm³/mol. The molecule has 1 saturated heterocycles. The van der Waals surface area contributed by atoms with E-state index < -0.39 is 5.82 Å². The quantitative estimate of drug-likeness (QED) is 0.777. The van der Waals surface area contributed by atoms with E-state index in [1.54, 1.807) is 0 Å². The number of nitrogens with zero attached hydrogens (tertiary/aromatic N) is 1. The first-order chi connectivity index (χ1) is 9.65. The topological polar surface area (TPSA) is 69.8 Å². The van der Waals surface area contributed by atoms with Crippen molar-refractivity contribution in [2.45, 2.75) is 19.4 Å². The Morgan fingerprint density at radius 2 is 2.35 bits per heavy atom. The van der Waals surface area contributed by atoms with Gasteiger partial charge < -0.3 is 15.6 Å². The van der Waals surface area contributed by atoms with Crippen molar-refractivity contribution >= 4 is 16.9 Å². The lowest BCUT2D eigenvalue weighted by molar-refractivity contribution is 0.0916. The van der Waals surface area contributed by atoms with Crippen LogP contribution in [-0.2, 0) is 0 Å². The largest absolute Gasteiger partial charge is 0.348 e. The zero-order valence-electron chi connectivity index (χ0n) is 11.2. The van der Waals surface area contributed by atoms with Crippen LogP contribution in [0.15, 0.2) is 18.5 Å². The van der Waals surface area contributed by atoms with Crippen molar-refractivity contribution in [2.24, 2.45) is 5.92 Å².